The molecule has 2 rings (SSSR count). The Morgan fingerprint density at radius 3 is 3.36 bits per heavy atom. The highest BCUT2D eigenvalue weighted by Crippen LogP contribution is 2.19. The molecule has 0 saturated heterocycles. The minimum absolute atomic E-state index is 0.0937. The quantitative estimate of drug-likeness (QED) is 0.780. The second-order valence-corrected chi connectivity index (χ2v) is 3.77. The fourth-order valence-electron chi connectivity index (χ4n) is 1.98. The lowest BCUT2D eigenvalue weighted by Crippen LogP contribution is -2.22. The van der Waals surface area contributed by atoms with Crippen molar-refractivity contribution in [2.75, 3.05) is 13.2 Å². The zero-order valence-corrected chi connectivity index (χ0v) is 8.46. The van der Waals surface area contributed by atoms with Crippen LogP contribution in [-0.4, -0.2) is 22.8 Å². The number of nitrogens with zero attached hydrogens (tertiary/aromatic N) is 2. The molecule has 1 aromatic heterocycles. The van der Waals surface area contributed by atoms with Crippen LogP contribution < -0.4 is 5.32 Å². The van der Waals surface area contributed by atoms with E-state index in [4.69, 9.17) is 0 Å². The van der Waals surface area contributed by atoms with Crippen molar-refractivity contribution >= 4 is 0 Å². The maximum absolute atomic E-state index is 12.3. The van der Waals surface area contributed by atoms with Gasteiger partial charge in [0.1, 0.15) is 5.82 Å². The Kier molecular flexibility index (Phi) is 2.82. The molecule has 1 aliphatic rings. The van der Waals surface area contributed by atoms with Gasteiger partial charge in [0.25, 0.3) is 0 Å². The Hall–Kier alpha value is -0.900. The van der Waals surface area contributed by atoms with Crippen molar-refractivity contribution in [3.8, 4) is 0 Å². The number of aryl methyl sites for hydroxylation is 2. The minimum atomic E-state index is -0.288. The average Bonchev–Trinajstić information content (AvgIpc) is 2.43. The summed E-state index contributed by atoms with van der Waals surface area (Å²) in [5, 5.41) is 3.33. The average molecular weight is 197 g/mol. The smallest absolute Gasteiger partial charge is 0.126 e. The molecule has 0 aliphatic carbocycles. The second-order valence-electron chi connectivity index (χ2n) is 3.77. The van der Waals surface area contributed by atoms with E-state index in [1.807, 2.05) is 13.1 Å². The van der Waals surface area contributed by atoms with Gasteiger partial charge in [-0.3, -0.25) is 4.39 Å². The van der Waals surface area contributed by atoms with Crippen molar-refractivity contribution in [3.63, 3.8) is 0 Å². The first-order chi connectivity index (χ1) is 6.81. The molecule has 0 radical (unpaired) electrons. The summed E-state index contributed by atoms with van der Waals surface area (Å²) in [7, 11) is 0. The van der Waals surface area contributed by atoms with Crippen molar-refractivity contribution in [1.29, 1.82) is 0 Å². The molecule has 2 heterocycles. The number of nitrogens with one attached hydrogen (secondary N) is 1. The van der Waals surface area contributed by atoms with Gasteiger partial charge in [-0.05, 0) is 26.3 Å². The van der Waals surface area contributed by atoms with E-state index in [1.54, 1.807) is 0 Å². The van der Waals surface area contributed by atoms with Gasteiger partial charge in [0.2, 0.25) is 0 Å². The van der Waals surface area contributed by atoms with Crippen LogP contribution in [0, 0.1) is 6.92 Å². The summed E-state index contributed by atoms with van der Waals surface area (Å²) in [5.41, 5.74) is 1.02. The lowest BCUT2D eigenvalue weighted by atomic mass is 10.2. The van der Waals surface area contributed by atoms with Crippen molar-refractivity contribution in [3.05, 3.63) is 17.7 Å². The Balaban J connectivity index is 2.26. The summed E-state index contributed by atoms with van der Waals surface area (Å²) < 4.78 is 14.5. The van der Waals surface area contributed by atoms with E-state index in [0.29, 0.717) is 6.42 Å². The van der Waals surface area contributed by atoms with Crippen LogP contribution in [-0.2, 0) is 6.54 Å². The second kappa shape index (κ2) is 4.09. The predicted octanol–water partition coefficient (Wildman–Crippen LogP) is 1.59. The minimum Gasteiger partial charge on any atom is -0.333 e. The van der Waals surface area contributed by atoms with E-state index in [0.717, 1.165) is 31.0 Å². The van der Waals surface area contributed by atoms with Gasteiger partial charge >= 0.3 is 0 Å². The molecule has 3 nitrogen and oxygen atoms in total. The monoisotopic (exact) mass is 197 g/mol. The van der Waals surface area contributed by atoms with Crippen LogP contribution in [0.2, 0.25) is 0 Å². The fraction of sp³-hybridized carbons (Fsp3) is 0.700. The predicted molar refractivity (Wildman–Crippen MR) is 52.9 cm³/mol. The third kappa shape index (κ3) is 1.80. The molecule has 1 unspecified atom stereocenters. The molecule has 0 saturated carbocycles. The first kappa shape index (κ1) is 9.65. The summed E-state index contributed by atoms with van der Waals surface area (Å²) in [5.74, 6) is 0.998. The molecule has 1 aliphatic heterocycles. The Bertz CT molecular complexity index is 308. The molecule has 0 bridgehead atoms. The topological polar surface area (TPSA) is 29.9 Å². The van der Waals surface area contributed by atoms with Gasteiger partial charge in [-0.2, -0.15) is 0 Å². The van der Waals surface area contributed by atoms with Crippen molar-refractivity contribution < 1.29 is 4.39 Å². The van der Waals surface area contributed by atoms with Gasteiger partial charge < -0.3 is 9.88 Å². The van der Waals surface area contributed by atoms with Crippen molar-refractivity contribution in [2.45, 2.75) is 32.4 Å². The molecular formula is C10H16FN3. The molecular weight excluding hydrogens is 181 g/mol. The normalized spacial score (nSPS) is 21.7. The molecule has 1 atom stereocenters. The molecule has 4 heteroatoms. The van der Waals surface area contributed by atoms with Crippen molar-refractivity contribution in [2.24, 2.45) is 0 Å². The van der Waals surface area contributed by atoms with Crippen LogP contribution in [0.25, 0.3) is 0 Å². The molecule has 78 valence electrons. The first-order valence-corrected chi connectivity index (χ1v) is 5.14. The number of hydrogen-bond acceptors (Lipinski definition) is 2. The van der Waals surface area contributed by atoms with Gasteiger partial charge in [-0.15, -0.1) is 0 Å². The van der Waals surface area contributed by atoms with E-state index >= 15 is 0 Å². The molecule has 14 heavy (non-hydrogen) atoms. The number of rotatable bonds is 2. The van der Waals surface area contributed by atoms with E-state index in [1.165, 1.54) is 0 Å². The summed E-state index contributed by atoms with van der Waals surface area (Å²) in [4.78, 5) is 4.45. The molecule has 0 aromatic carbocycles. The van der Waals surface area contributed by atoms with Crippen LogP contribution in [0.15, 0.2) is 6.20 Å². The number of alkyl halides is 1. The number of aromatic nitrogens is 2. The Labute approximate surface area is 83.3 Å². The molecule has 0 amide bonds. The Morgan fingerprint density at radius 2 is 2.57 bits per heavy atom. The van der Waals surface area contributed by atoms with E-state index in [9.17, 15) is 4.39 Å². The summed E-state index contributed by atoms with van der Waals surface area (Å²) in [6, 6.07) is 0.0937. The third-order valence-corrected chi connectivity index (χ3v) is 2.60. The molecule has 0 fully saturated rings. The lowest BCUT2D eigenvalue weighted by molar-refractivity contribution is 0.397. The highest BCUT2D eigenvalue weighted by atomic mass is 19.1. The van der Waals surface area contributed by atoms with Gasteiger partial charge in [0.15, 0.2) is 0 Å². The number of imidazole rings is 1. The third-order valence-electron chi connectivity index (χ3n) is 2.60. The van der Waals surface area contributed by atoms with Crippen LogP contribution in [0.5, 0.6) is 0 Å². The maximum atomic E-state index is 12.3. The van der Waals surface area contributed by atoms with E-state index in [2.05, 4.69) is 14.9 Å². The van der Waals surface area contributed by atoms with Crippen LogP contribution in [0.4, 0.5) is 4.39 Å². The van der Waals surface area contributed by atoms with Crippen LogP contribution >= 0.6 is 0 Å². The SMILES string of the molecule is Cc1cn2c(n1)C(CCF)NCCC2. The number of halogens is 1. The Morgan fingerprint density at radius 1 is 1.71 bits per heavy atom. The number of fused-ring (bicyclic) bond motifs is 1. The molecule has 1 N–H and O–H groups in total. The van der Waals surface area contributed by atoms with Gasteiger partial charge in [-0.25, -0.2) is 4.98 Å². The molecule has 0 spiro atoms. The number of hydrogen-bond donors (Lipinski definition) is 1. The van der Waals surface area contributed by atoms with Gasteiger partial charge in [0.05, 0.1) is 18.4 Å². The molecule has 1 aromatic rings. The zero-order chi connectivity index (χ0) is 9.97. The summed E-state index contributed by atoms with van der Waals surface area (Å²) in [6.07, 6.45) is 3.66. The highest BCUT2D eigenvalue weighted by Gasteiger charge is 2.19. The lowest BCUT2D eigenvalue weighted by Gasteiger charge is -2.13. The standard InChI is InChI=1S/C10H16FN3/c1-8-7-14-6-2-5-12-9(3-4-11)10(14)13-8/h7,9,12H,2-6H2,1H3. The summed E-state index contributed by atoms with van der Waals surface area (Å²) >= 11 is 0. The maximum Gasteiger partial charge on any atom is 0.126 e. The summed E-state index contributed by atoms with van der Waals surface area (Å²) in [6.45, 7) is 3.64. The van der Waals surface area contributed by atoms with Gasteiger partial charge in [-0.1, -0.05) is 0 Å². The van der Waals surface area contributed by atoms with E-state index in [-0.39, 0.29) is 12.7 Å². The highest BCUT2D eigenvalue weighted by molar-refractivity contribution is 5.07. The largest absolute Gasteiger partial charge is 0.333 e. The van der Waals surface area contributed by atoms with E-state index < -0.39 is 0 Å². The zero-order valence-electron chi connectivity index (χ0n) is 8.46. The first-order valence-electron chi connectivity index (χ1n) is 5.14. The van der Waals surface area contributed by atoms with Gasteiger partial charge in [0, 0.05) is 12.7 Å². The fourth-order valence-corrected chi connectivity index (χ4v) is 1.98. The van der Waals surface area contributed by atoms with Crippen molar-refractivity contribution in [1.82, 2.24) is 14.9 Å². The van der Waals surface area contributed by atoms with Crippen LogP contribution in [0.3, 0.4) is 0 Å². The van der Waals surface area contributed by atoms with Crippen LogP contribution in [0.1, 0.15) is 30.4 Å².